The van der Waals surface area contributed by atoms with Crippen LogP contribution >= 0.6 is 35.0 Å². The third-order valence-corrected chi connectivity index (χ3v) is 5.98. The van der Waals surface area contributed by atoms with Crippen LogP contribution in [0.5, 0.6) is 0 Å². The largest absolute Gasteiger partial charge is 0.463 e. The van der Waals surface area contributed by atoms with Gasteiger partial charge in [-0.05, 0) is 55.8 Å². The number of carbonyl (C=O) groups is 2. The van der Waals surface area contributed by atoms with Crippen LogP contribution in [0.1, 0.15) is 25.3 Å². The number of benzene rings is 2. The molecule has 0 saturated carbocycles. The molecule has 1 N–H and O–H groups in total. The van der Waals surface area contributed by atoms with Crippen molar-refractivity contribution in [2.24, 2.45) is 0 Å². The quantitative estimate of drug-likeness (QED) is 0.453. The molecular weight excluding hydrogens is 429 g/mol. The Morgan fingerprint density at radius 3 is 2.24 bits per heavy atom. The number of halogens is 2. The topological polar surface area (TPSA) is 55.4 Å². The second kappa shape index (κ2) is 9.53. The molecule has 1 aliphatic rings. The van der Waals surface area contributed by atoms with Gasteiger partial charge in [-0.2, -0.15) is 0 Å². The molecule has 29 heavy (non-hydrogen) atoms. The Balaban J connectivity index is 2.10. The van der Waals surface area contributed by atoms with E-state index in [1.54, 1.807) is 38.1 Å². The van der Waals surface area contributed by atoms with E-state index in [2.05, 4.69) is 5.32 Å². The highest BCUT2D eigenvalue weighted by molar-refractivity contribution is 8.03. The Labute approximate surface area is 183 Å². The highest BCUT2D eigenvalue weighted by atomic mass is 35.5. The molecule has 2 aromatic carbocycles. The lowest BCUT2D eigenvalue weighted by Crippen LogP contribution is -2.29. The standard InChI is InChI=1S/C22H19Cl2NO3S/c1-3-28-22(27)19-13(2)25-21(29-17-10-8-16(24)9-11-17)18(12-26)20(19)14-4-6-15(23)7-5-14/h4-12,20,25H,3H2,1-2H3. The maximum Gasteiger partial charge on any atom is 0.336 e. The molecule has 3 rings (SSSR count). The first-order valence-electron chi connectivity index (χ1n) is 8.97. The number of allylic oxidation sites excluding steroid dienone is 2. The van der Waals surface area contributed by atoms with Crippen molar-refractivity contribution in [3.8, 4) is 0 Å². The molecule has 1 atom stereocenters. The number of aldehydes is 1. The summed E-state index contributed by atoms with van der Waals surface area (Å²) < 4.78 is 5.26. The summed E-state index contributed by atoms with van der Waals surface area (Å²) in [5.41, 5.74) is 2.30. The molecule has 0 fully saturated rings. The molecule has 2 aromatic rings. The predicted molar refractivity (Wildman–Crippen MR) is 117 cm³/mol. The third-order valence-electron chi connectivity index (χ3n) is 4.43. The van der Waals surface area contributed by atoms with Gasteiger partial charge < -0.3 is 10.1 Å². The molecule has 0 bridgehead atoms. The lowest BCUT2D eigenvalue weighted by molar-refractivity contribution is -0.138. The van der Waals surface area contributed by atoms with E-state index in [0.29, 0.717) is 31.9 Å². The van der Waals surface area contributed by atoms with Gasteiger partial charge in [0.05, 0.1) is 17.2 Å². The van der Waals surface area contributed by atoms with E-state index < -0.39 is 11.9 Å². The van der Waals surface area contributed by atoms with Crippen molar-refractivity contribution < 1.29 is 14.3 Å². The van der Waals surface area contributed by atoms with Gasteiger partial charge in [0.15, 0.2) is 0 Å². The molecule has 0 aliphatic carbocycles. The minimum atomic E-state index is -0.556. The molecule has 0 saturated heterocycles. The molecule has 1 aliphatic heterocycles. The monoisotopic (exact) mass is 447 g/mol. The minimum absolute atomic E-state index is 0.246. The van der Waals surface area contributed by atoms with Gasteiger partial charge in [0, 0.05) is 32.1 Å². The Bertz CT molecular complexity index is 982. The van der Waals surface area contributed by atoms with E-state index >= 15 is 0 Å². The Morgan fingerprint density at radius 1 is 1.10 bits per heavy atom. The summed E-state index contributed by atoms with van der Waals surface area (Å²) in [6.07, 6.45) is 0.788. The average Bonchev–Trinajstić information content (AvgIpc) is 2.70. The summed E-state index contributed by atoms with van der Waals surface area (Å²) in [6, 6.07) is 14.5. The van der Waals surface area contributed by atoms with Gasteiger partial charge >= 0.3 is 5.97 Å². The second-order valence-corrected chi connectivity index (χ2v) is 8.28. The zero-order valence-corrected chi connectivity index (χ0v) is 18.2. The summed E-state index contributed by atoms with van der Waals surface area (Å²) in [5.74, 6) is -1.01. The number of esters is 1. The van der Waals surface area contributed by atoms with Gasteiger partial charge in [-0.15, -0.1) is 0 Å². The summed E-state index contributed by atoms with van der Waals surface area (Å²) in [5, 5.41) is 5.08. The fraction of sp³-hybridized carbons (Fsp3) is 0.182. The van der Waals surface area contributed by atoms with Crippen molar-refractivity contribution >= 4 is 47.2 Å². The SMILES string of the molecule is CCOC(=O)C1=C(C)NC(Sc2ccc(Cl)cc2)=C(C=O)C1c1ccc(Cl)cc1. The molecule has 7 heteroatoms. The van der Waals surface area contributed by atoms with Gasteiger partial charge in [0.1, 0.15) is 6.29 Å². The Kier molecular flexibility index (Phi) is 7.06. The third kappa shape index (κ3) is 4.86. The lowest BCUT2D eigenvalue weighted by Gasteiger charge is -2.30. The van der Waals surface area contributed by atoms with Crippen molar-refractivity contribution in [1.82, 2.24) is 5.32 Å². The van der Waals surface area contributed by atoms with Crippen LogP contribution in [0.25, 0.3) is 0 Å². The van der Waals surface area contributed by atoms with Gasteiger partial charge in [-0.1, -0.05) is 47.1 Å². The van der Waals surface area contributed by atoms with Crippen LogP contribution in [0.4, 0.5) is 0 Å². The number of hydrogen-bond acceptors (Lipinski definition) is 5. The average molecular weight is 448 g/mol. The van der Waals surface area contributed by atoms with Crippen LogP contribution in [-0.2, 0) is 14.3 Å². The molecule has 0 radical (unpaired) electrons. The summed E-state index contributed by atoms with van der Waals surface area (Å²) in [4.78, 5) is 25.8. The van der Waals surface area contributed by atoms with E-state index in [1.807, 2.05) is 24.3 Å². The fourth-order valence-corrected chi connectivity index (χ4v) is 4.37. The van der Waals surface area contributed by atoms with Crippen molar-refractivity contribution in [2.75, 3.05) is 6.61 Å². The van der Waals surface area contributed by atoms with Crippen molar-refractivity contribution in [3.63, 3.8) is 0 Å². The zero-order valence-electron chi connectivity index (χ0n) is 15.9. The van der Waals surface area contributed by atoms with Gasteiger partial charge in [-0.3, -0.25) is 4.79 Å². The second-order valence-electron chi connectivity index (χ2n) is 6.33. The van der Waals surface area contributed by atoms with Crippen LogP contribution in [-0.4, -0.2) is 18.9 Å². The molecule has 150 valence electrons. The Morgan fingerprint density at radius 2 is 1.69 bits per heavy atom. The zero-order chi connectivity index (χ0) is 21.0. The summed E-state index contributed by atoms with van der Waals surface area (Å²) in [6.45, 7) is 3.80. The fourth-order valence-electron chi connectivity index (χ4n) is 3.12. The number of dihydropyridines is 1. The number of rotatable bonds is 6. The molecule has 4 nitrogen and oxygen atoms in total. The minimum Gasteiger partial charge on any atom is -0.463 e. The first-order chi connectivity index (χ1) is 13.9. The normalized spacial score (nSPS) is 16.5. The lowest BCUT2D eigenvalue weighted by atomic mass is 9.82. The van der Waals surface area contributed by atoms with Crippen molar-refractivity contribution in [1.29, 1.82) is 0 Å². The summed E-state index contributed by atoms with van der Waals surface area (Å²) in [7, 11) is 0. The van der Waals surface area contributed by atoms with Crippen LogP contribution in [0.2, 0.25) is 10.0 Å². The van der Waals surface area contributed by atoms with Gasteiger partial charge in [0.25, 0.3) is 0 Å². The predicted octanol–water partition coefficient (Wildman–Crippen LogP) is 5.72. The van der Waals surface area contributed by atoms with E-state index in [1.165, 1.54) is 11.8 Å². The van der Waals surface area contributed by atoms with Crippen LogP contribution < -0.4 is 5.32 Å². The number of thioether (sulfide) groups is 1. The van der Waals surface area contributed by atoms with Crippen molar-refractivity contribution in [2.45, 2.75) is 24.7 Å². The molecule has 0 spiro atoms. The number of ether oxygens (including phenoxy) is 1. The maximum absolute atomic E-state index is 12.7. The molecule has 1 heterocycles. The van der Waals surface area contributed by atoms with Crippen LogP contribution in [0.3, 0.4) is 0 Å². The first-order valence-corrected chi connectivity index (χ1v) is 10.5. The molecule has 1 unspecified atom stereocenters. The number of hydrogen-bond donors (Lipinski definition) is 1. The van der Waals surface area contributed by atoms with E-state index in [9.17, 15) is 9.59 Å². The highest BCUT2D eigenvalue weighted by Gasteiger charge is 2.35. The maximum atomic E-state index is 12.7. The number of carbonyl (C=O) groups excluding carboxylic acids is 2. The van der Waals surface area contributed by atoms with E-state index in [4.69, 9.17) is 27.9 Å². The van der Waals surface area contributed by atoms with E-state index in [-0.39, 0.29) is 6.61 Å². The highest BCUT2D eigenvalue weighted by Crippen LogP contribution is 2.42. The summed E-state index contributed by atoms with van der Waals surface area (Å²) >= 11 is 13.4. The first kappa shape index (κ1) is 21.5. The smallest absolute Gasteiger partial charge is 0.336 e. The van der Waals surface area contributed by atoms with Crippen molar-refractivity contribution in [3.05, 3.63) is 86.0 Å². The molecular formula is C22H19Cl2NO3S. The Hall–Kier alpha value is -2.21. The van der Waals surface area contributed by atoms with E-state index in [0.717, 1.165) is 16.7 Å². The molecule has 0 amide bonds. The number of nitrogens with one attached hydrogen (secondary N) is 1. The van der Waals surface area contributed by atoms with Gasteiger partial charge in [0.2, 0.25) is 0 Å². The van der Waals surface area contributed by atoms with Crippen LogP contribution in [0.15, 0.2) is 75.3 Å². The van der Waals surface area contributed by atoms with Gasteiger partial charge in [-0.25, -0.2) is 4.79 Å². The van der Waals surface area contributed by atoms with Crippen LogP contribution in [0, 0.1) is 0 Å². The molecule has 0 aromatic heterocycles.